The number of nitrogens with two attached hydrogens (primary N) is 1. The van der Waals surface area contributed by atoms with Crippen molar-refractivity contribution >= 4 is 5.91 Å². The van der Waals surface area contributed by atoms with Crippen molar-refractivity contribution in [1.29, 1.82) is 0 Å². The van der Waals surface area contributed by atoms with E-state index in [1.54, 1.807) is 4.90 Å². The third-order valence-electron chi connectivity index (χ3n) is 3.18. The van der Waals surface area contributed by atoms with E-state index in [0.717, 1.165) is 12.1 Å². The molecule has 0 aliphatic rings. The zero-order chi connectivity index (χ0) is 14.4. The van der Waals surface area contributed by atoms with E-state index in [-0.39, 0.29) is 18.4 Å². The van der Waals surface area contributed by atoms with Gasteiger partial charge in [-0.1, -0.05) is 13.0 Å². The number of amides is 1. The summed E-state index contributed by atoms with van der Waals surface area (Å²) in [6.45, 7) is 4.82. The number of halogens is 2. The summed E-state index contributed by atoms with van der Waals surface area (Å²) in [5.74, 6) is -2.04. The lowest BCUT2D eigenvalue weighted by Gasteiger charge is -2.25. The van der Waals surface area contributed by atoms with Crippen LogP contribution >= 0.6 is 0 Å². The molecule has 1 aromatic carbocycles. The SMILES string of the molecule is CCC(CN)C(=O)N(CC)Cc1ccc(F)c(F)c1. The molecule has 0 fully saturated rings. The molecule has 0 aliphatic carbocycles. The summed E-state index contributed by atoms with van der Waals surface area (Å²) in [5, 5.41) is 0. The maximum atomic E-state index is 13.1. The fourth-order valence-corrected chi connectivity index (χ4v) is 1.90. The molecule has 0 heterocycles. The van der Waals surface area contributed by atoms with Gasteiger partial charge in [0.1, 0.15) is 0 Å². The van der Waals surface area contributed by atoms with Crippen LogP contribution in [0.4, 0.5) is 8.78 Å². The Morgan fingerprint density at radius 2 is 2.00 bits per heavy atom. The van der Waals surface area contributed by atoms with E-state index in [1.807, 2.05) is 13.8 Å². The van der Waals surface area contributed by atoms with Gasteiger partial charge in [0.15, 0.2) is 11.6 Å². The first-order chi connectivity index (χ1) is 9.03. The van der Waals surface area contributed by atoms with Crippen LogP contribution in [-0.2, 0) is 11.3 Å². The molecular weight excluding hydrogens is 250 g/mol. The minimum absolute atomic E-state index is 0.0442. The number of nitrogens with zero attached hydrogens (tertiary/aromatic N) is 1. The molecule has 1 unspecified atom stereocenters. The maximum absolute atomic E-state index is 13.1. The van der Waals surface area contributed by atoms with Crippen LogP contribution in [0.5, 0.6) is 0 Å². The molecule has 1 aromatic rings. The summed E-state index contributed by atoms with van der Waals surface area (Å²) in [5.41, 5.74) is 6.13. The smallest absolute Gasteiger partial charge is 0.227 e. The molecule has 1 amide bonds. The van der Waals surface area contributed by atoms with Crippen LogP contribution in [0.25, 0.3) is 0 Å². The van der Waals surface area contributed by atoms with Crippen LogP contribution in [0, 0.1) is 17.6 Å². The molecule has 0 radical (unpaired) electrons. The molecule has 0 aromatic heterocycles. The summed E-state index contributed by atoms with van der Waals surface area (Å²) in [4.78, 5) is 13.8. The molecule has 1 rings (SSSR count). The second-order valence-electron chi connectivity index (χ2n) is 4.44. The van der Waals surface area contributed by atoms with Gasteiger partial charge in [-0.2, -0.15) is 0 Å². The fraction of sp³-hybridized carbons (Fsp3) is 0.500. The van der Waals surface area contributed by atoms with Crippen LogP contribution in [0.1, 0.15) is 25.8 Å². The van der Waals surface area contributed by atoms with Crippen molar-refractivity contribution in [1.82, 2.24) is 4.90 Å². The Hall–Kier alpha value is -1.49. The molecular formula is C14H20F2N2O. The number of carbonyl (C=O) groups excluding carboxylic acids is 1. The topological polar surface area (TPSA) is 46.3 Å². The number of hydrogen-bond donors (Lipinski definition) is 1. The molecule has 106 valence electrons. The number of rotatable bonds is 6. The van der Waals surface area contributed by atoms with Gasteiger partial charge in [0.25, 0.3) is 0 Å². The molecule has 0 bridgehead atoms. The highest BCUT2D eigenvalue weighted by atomic mass is 19.2. The zero-order valence-corrected chi connectivity index (χ0v) is 11.3. The lowest BCUT2D eigenvalue weighted by Crippen LogP contribution is -2.38. The average molecular weight is 270 g/mol. The Balaban J connectivity index is 2.81. The van der Waals surface area contributed by atoms with Gasteiger partial charge in [0.2, 0.25) is 5.91 Å². The predicted molar refractivity (Wildman–Crippen MR) is 70.3 cm³/mol. The van der Waals surface area contributed by atoms with Gasteiger partial charge in [-0.3, -0.25) is 4.79 Å². The van der Waals surface area contributed by atoms with E-state index in [0.29, 0.717) is 25.1 Å². The minimum atomic E-state index is -0.896. The van der Waals surface area contributed by atoms with E-state index in [9.17, 15) is 13.6 Å². The molecule has 0 saturated heterocycles. The molecule has 0 aliphatic heterocycles. The van der Waals surface area contributed by atoms with E-state index >= 15 is 0 Å². The maximum Gasteiger partial charge on any atom is 0.227 e. The molecule has 5 heteroatoms. The zero-order valence-electron chi connectivity index (χ0n) is 11.3. The van der Waals surface area contributed by atoms with Crippen molar-refractivity contribution in [3.63, 3.8) is 0 Å². The first-order valence-electron chi connectivity index (χ1n) is 6.46. The van der Waals surface area contributed by atoms with Crippen LogP contribution in [0.2, 0.25) is 0 Å². The van der Waals surface area contributed by atoms with Gasteiger partial charge < -0.3 is 10.6 Å². The highest BCUT2D eigenvalue weighted by Gasteiger charge is 2.20. The average Bonchev–Trinajstić information content (AvgIpc) is 2.41. The van der Waals surface area contributed by atoms with E-state index < -0.39 is 11.6 Å². The van der Waals surface area contributed by atoms with Gasteiger partial charge in [-0.25, -0.2) is 8.78 Å². The highest BCUT2D eigenvalue weighted by Crippen LogP contribution is 2.13. The lowest BCUT2D eigenvalue weighted by molar-refractivity contribution is -0.135. The lowest BCUT2D eigenvalue weighted by atomic mass is 10.0. The number of benzene rings is 1. The largest absolute Gasteiger partial charge is 0.338 e. The van der Waals surface area contributed by atoms with E-state index in [2.05, 4.69) is 0 Å². The standard InChI is InChI=1S/C14H20F2N2O/c1-3-11(8-17)14(19)18(4-2)9-10-5-6-12(15)13(16)7-10/h5-7,11H,3-4,8-9,17H2,1-2H3. The van der Waals surface area contributed by atoms with Gasteiger partial charge in [-0.05, 0) is 31.0 Å². The molecule has 3 nitrogen and oxygen atoms in total. The third-order valence-corrected chi connectivity index (χ3v) is 3.18. The van der Waals surface area contributed by atoms with Crippen molar-refractivity contribution in [3.05, 3.63) is 35.4 Å². The van der Waals surface area contributed by atoms with Crippen molar-refractivity contribution in [3.8, 4) is 0 Å². The van der Waals surface area contributed by atoms with E-state index in [4.69, 9.17) is 5.73 Å². The molecule has 2 N–H and O–H groups in total. The quantitative estimate of drug-likeness (QED) is 0.862. The summed E-state index contributed by atoms with van der Waals surface area (Å²) >= 11 is 0. The van der Waals surface area contributed by atoms with Crippen LogP contribution < -0.4 is 5.73 Å². The first kappa shape index (κ1) is 15.6. The molecule has 0 spiro atoms. The van der Waals surface area contributed by atoms with Crippen molar-refractivity contribution in [2.45, 2.75) is 26.8 Å². The highest BCUT2D eigenvalue weighted by molar-refractivity contribution is 5.79. The van der Waals surface area contributed by atoms with Crippen LogP contribution in [-0.4, -0.2) is 23.9 Å². The Morgan fingerprint density at radius 3 is 2.47 bits per heavy atom. The summed E-state index contributed by atoms with van der Waals surface area (Å²) < 4.78 is 26.0. The normalized spacial score (nSPS) is 12.3. The monoisotopic (exact) mass is 270 g/mol. The second kappa shape index (κ2) is 7.19. The summed E-state index contributed by atoms with van der Waals surface area (Å²) in [7, 11) is 0. The Bertz CT molecular complexity index is 433. The third kappa shape index (κ3) is 3.99. The van der Waals surface area contributed by atoms with Gasteiger partial charge >= 0.3 is 0 Å². The van der Waals surface area contributed by atoms with Crippen molar-refractivity contribution in [2.75, 3.05) is 13.1 Å². The van der Waals surface area contributed by atoms with Gasteiger partial charge in [0, 0.05) is 19.6 Å². The summed E-state index contributed by atoms with van der Waals surface area (Å²) in [6, 6.07) is 3.68. The fourth-order valence-electron chi connectivity index (χ4n) is 1.90. The minimum Gasteiger partial charge on any atom is -0.338 e. The van der Waals surface area contributed by atoms with Crippen LogP contribution in [0.3, 0.4) is 0 Å². The second-order valence-corrected chi connectivity index (χ2v) is 4.44. The predicted octanol–water partition coefficient (Wildman–Crippen LogP) is 2.30. The Kier molecular flexibility index (Phi) is 5.89. The van der Waals surface area contributed by atoms with Crippen LogP contribution in [0.15, 0.2) is 18.2 Å². The first-order valence-corrected chi connectivity index (χ1v) is 6.46. The number of hydrogen-bond acceptors (Lipinski definition) is 2. The van der Waals surface area contributed by atoms with Crippen molar-refractivity contribution < 1.29 is 13.6 Å². The Morgan fingerprint density at radius 1 is 1.32 bits per heavy atom. The van der Waals surface area contributed by atoms with Gasteiger partial charge in [-0.15, -0.1) is 0 Å². The van der Waals surface area contributed by atoms with Gasteiger partial charge in [0.05, 0.1) is 5.92 Å². The number of carbonyl (C=O) groups is 1. The Labute approximate surface area is 112 Å². The van der Waals surface area contributed by atoms with Crippen molar-refractivity contribution in [2.24, 2.45) is 11.7 Å². The molecule has 1 atom stereocenters. The molecule has 0 saturated carbocycles. The van der Waals surface area contributed by atoms with E-state index in [1.165, 1.54) is 6.07 Å². The summed E-state index contributed by atoms with van der Waals surface area (Å²) in [6.07, 6.45) is 0.670. The molecule has 19 heavy (non-hydrogen) atoms.